The van der Waals surface area contributed by atoms with Crippen molar-refractivity contribution >= 4 is 17.6 Å². The van der Waals surface area contributed by atoms with Gasteiger partial charge in [-0.2, -0.15) is 26.3 Å². The smallest absolute Gasteiger partial charge is 0.381 e. The average Bonchev–Trinajstić information content (AvgIpc) is 3.51. The molecule has 0 spiro atoms. The molecule has 2 aromatic carbocycles. The summed E-state index contributed by atoms with van der Waals surface area (Å²) in [4.78, 5) is 30.8. The van der Waals surface area contributed by atoms with Crippen LogP contribution in [0.25, 0.3) is 0 Å². The monoisotopic (exact) mass is 573 g/mol. The lowest BCUT2D eigenvalue weighted by molar-refractivity contribution is -0.143. The van der Waals surface area contributed by atoms with Gasteiger partial charge in [0.2, 0.25) is 5.91 Å². The molecule has 3 aliphatic rings. The van der Waals surface area contributed by atoms with Crippen molar-refractivity contribution in [1.29, 1.82) is 0 Å². The van der Waals surface area contributed by atoms with E-state index >= 15 is 0 Å². The number of nitrogens with zero attached hydrogens (tertiary/aromatic N) is 3. The van der Waals surface area contributed by atoms with Crippen LogP contribution in [-0.4, -0.2) is 67.2 Å². The zero-order chi connectivity index (χ0) is 28.8. The summed E-state index contributed by atoms with van der Waals surface area (Å²) in [5.74, 6) is -1.26. The Morgan fingerprint density at radius 3 is 2.02 bits per heavy atom. The van der Waals surface area contributed by atoms with Crippen molar-refractivity contribution in [3.05, 3.63) is 65.0 Å². The van der Waals surface area contributed by atoms with E-state index in [0.717, 1.165) is 4.90 Å². The van der Waals surface area contributed by atoms with Gasteiger partial charge in [0.05, 0.1) is 17.2 Å². The highest BCUT2D eigenvalue weighted by Gasteiger charge is 2.46. The van der Waals surface area contributed by atoms with Crippen LogP contribution >= 0.6 is 0 Å². The minimum atomic E-state index is -5.05. The number of carbonyl (C=O) groups excluding carboxylic acids is 2. The van der Waals surface area contributed by atoms with Crippen molar-refractivity contribution in [1.82, 2.24) is 9.80 Å². The molecule has 0 aromatic heterocycles. The number of halogens is 7. The number of rotatable bonds is 4. The summed E-state index contributed by atoms with van der Waals surface area (Å²) in [5, 5.41) is 0. The summed E-state index contributed by atoms with van der Waals surface area (Å²) in [5.41, 5.74) is -2.87. The van der Waals surface area contributed by atoms with Crippen molar-refractivity contribution in [2.45, 2.75) is 37.2 Å². The number of hydrogen-bond acceptors (Lipinski definition) is 3. The van der Waals surface area contributed by atoms with Gasteiger partial charge in [0.1, 0.15) is 5.82 Å². The Kier molecular flexibility index (Phi) is 7.45. The minimum absolute atomic E-state index is 0.0170. The quantitative estimate of drug-likeness (QED) is 0.453. The van der Waals surface area contributed by atoms with Gasteiger partial charge in [-0.05, 0) is 48.7 Å². The van der Waals surface area contributed by atoms with Crippen LogP contribution in [0.4, 0.5) is 41.2 Å². The molecule has 0 unspecified atom stereocenters. The Hall–Kier alpha value is -3.35. The molecule has 3 amide bonds. The summed E-state index contributed by atoms with van der Waals surface area (Å²) in [6.07, 6.45) is -9.01. The van der Waals surface area contributed by atoms with E-state index in [1.807, 2.05) is 0 Å². The second-order valence-electron chi connectivity index (χ2n) is 10.2. The van der Waals surface area contributed by atoms with Crippen LogP contribution in [0.15, 0.2) is 42.5 Å². The van der Waals surface area contributed by atoms with Crippen LogP contribution in [-0.2, 0) is 21.9 Å². The molecule has 0 saturated carbocycles. The normalized spacial score (nSPS) is 22.9. The molecular weight excluding hydrogens is 547 g/mol. The number of benzene rings is 2. The highest BCUT2D eigenvalue weighted by Crippen LogP contribution is 2.40. The molecule has 0 bridgehead atoms. The van der Waals surface area contributed by atoms with Gasteiger partial charge in [0.15, 0.2) is 0 Å². The number of anilines is 1. The fourth-order valence-electron chi connectivity index (χ4n) is 5.72. The number of carbonyl (C=O) groups is 2. The van der Waals surface area contributed by atoms with E-state index < -0.39 is 53.0 Å². The molecule has 3 heterocycles. The molecule has 3 aliphatic heterocycles. The largest absolute Gasteiger partial charge is 0.416 e. The maximum absolute atomic E-state index is 13.6. The van der Waals surface area contributed by atoms with E-state index in [2.05, 4.69) is 0 Å². The van der Waals surface area contributed by atoms with E-state index in [0.29, 0.717) is 43.8 Å². The first-order chi connectivity index (χ1) is 18.8. The number of alkyl halides is 6. The molecule has 3 saturated heterocycles. The zero-order valence-electron chi connectivity index (χ0n) is 21.1. The van der Waals surface area contributed by atoms with Crippen LogP contribution in [0, 0.1) is 11.7 Å². The molecule has 0 aliphatic carbocycles. The predicted octanol–water partition coefficient (Wildman–Crippen LogP) is 5.53. The summed E-state index contributed by atoms with van der Waals surface area (Å²) in [6.45, 7) is 1.15. The van der Waals surface area contributed by atoms with Crippen molar-refractivity contribution in [2.75, 3.05) is 44.3 Å². The Labute approximate surface area is 225 Å². The van der Waals surface area contributed by atoms with Crippen molar-refractivity contribution in [2.24, 2.45) is 5.92 Å². The van der Waals surface area contributed by atoms with Gasteiger partial charge in [-0.3, -0.25) is 9.69 Å². The van der Waals surface area contributed by atoms with Crippen molar-refractivity contribution in [3.8, 4) is 0 Å². The van der Waals surface area contributed by atoms with E-state index in [9.17, 15) is 40.3 Å². The average molecular weight is 574 g/mol. The minimum Gasteiger partial charge on any atom is -0.381 e. The Balaban J connectivity index is 1.44. The third-order valence-corrected chi connectivity index (χ3v) is 7.79. The van der Waals surface area contributed by atoms with Crippen molar-refractivity contribution < 1.29 is 45.1 Å². The molecular formula is C27H26F7N3O3. The topological polar surface area (TPSA) is 53.1 Å². The van der Waals surface area contributed by atoms with Crippen LogP contribution in [0.3, 0.4) is 0 Å². The number of amides is 3. The van der Waals surface area contributed by atoms with Crippen LogP contribution in [0.5, 0.6) is 0 Å². The Bertz CT molecular complexity index is 1230. The summed E-state index contributed by atoms with van der Waals surface area (Å²) in [7, 11) is 0. The maximum atomic E-state index is 13.6. The second kappa shape index (κ2) is 10.6. The fourth-order valence-corrected chi connectivity index (χ4v) is 5.72. The maximum Gasteiger partial charge on any atom is 0.416 e. The van der Waals surface area contributed by atoms with Gasteiger partial charge in [0.25, 0.3) is 0 Å². The van der Waals surface area contributed by atoms with Crippen LogP contribution in [0.1, 0.15) is 35.4 Å². The molecule has 40 heavy (non-hydrogen) atoms. The summed E-state index contributed by atoms with van der Waals surface area (Å²) < 4.78 is 99.6. The summed E-state index contributed by atoms with van der Waals surface area (Å²) in [6, 6.07) is 5.33. The molecule has 2 atom stereocenters. The molecule has 0 radical (unpaired) electrons. The molecule has 3 fully saturated rings. The standard InChI is InChI=1S/C27H26F7N3O3/c28-20-3-1-16(2-4-20)22-14-35(24(38)17-5-9-40-10-6-17)15-23(22)37-8-7-36(25(37)39)21-12-18(26(29,30)31)11-19(13-21)27(32,33)34/h1-4,11-13,17,22-23H,5-10,14-15H2/t22-,23+/m0/s1. The highest BCUT2D eigenvalue weighted by atomic mass is 19.4. The number of ether oxygens (including phenoxy) is 1. The fraction of sp³-hybridized carbons (Fsp3) is 0.481. The number of urea groups is 1. The first kappa shape index (κ1) is 28.2. The zero-order valence-corrected chi connectivity index (χ0v) is 21.1. The van der Waals surface area contributed by atoms with E-state index in [1.165, 1.54) is 17.0 Å². The number of hydrogen-bond donors (Lipinski definition) is 0. The first-order valence-electron chi connectivity index (χ1n) is 12.8. The van der Waals surface area contributed by atoms with E-state index in [1.54, 1.807) is 17.0 Å². The van der Waals surface area contributed by atoms with Crippen LogP contribution < -0.4 is 4.90 Å². The second-order valence-corrected chi connectivity index (χ2v) is 10.2. The van der Waals surface area contributed by atoms with Gasteiger partial charge < -0.3 is 14.5 Å². The lowest BCUT2D eigenvalue weighted by atomic mass is 9.93. The number of likely N-dealkylation sites (tertiary alicyclic amines) is 1. The third kappa shape index (κ3) is 5.61. The lowest BCUT2D eigenvalue weighted by Gasteiger charge is -2.29. The Morgan fingerprint density at radius 1 is 0.850 bits per heavy atom. The van der Waals surface area contributed by atoms with Gasteiger partial charge in [-0.1, -0.05) is 12.1 Å². The molecule has 13 heteroatoms. The van der Waals surface area contributed by atoms with E-state index in [4.69, 9.17) is 4.74 Å². The van der Waals surface area contributed by atoms with Gasteiger partial charge in [0, 0.05) is 56.9 Å². The molecule has 5 rings (SSSR count). The SMILES string of the molecule is O=C(C1CCOCC1)N1C[C@@H](N2CCN(c3cc(C(F)(F)F)cc(C(F)(F)F)c3)C2=O)[C@H](c2ccc(F)cc2)C1. The summed E-state index contributed by atoms with van der Waals surface area (Å²) >= 11 is 0. The molecule has 2 aromatic rings. The first-order valence-corrected chi connectivity index (χ1v) is 12.8. The van der Waals surface area contributed by atoms with Crippen molar-refractivity contribution in [3.63, 3.8) is 0 Å². The van der Waals surface area contributed by atoms with Gasteiger partial charge >= 0.3 is 18.4 Å². The van der Waals surface area contributed by atoms with Gasteiger partial charge in [-0.25, -0.2) is 9.18 Å². The third-order valence-electron chi connectivity index (χ3n) is 7.79. The van der Waals surface area contributed by atoms with E-state index in [-0.39, 0.29) is 44.1 Å². The predicted molar refractivity (Wildman–Crippen MR) is 129 cm³/mol. The lowest BCUT2D eigenvalue weighted by Crippen LogP contribution is -2.44. The molecule has 6 nitrogen and oxygen atoms in total. The van der Waals surface area contributed by atoms with Gasteiger partial charge in [-0.15, -0.1) is 0 Å². The van der Waals surface area contributed by atoms with Crippen LogP contribution in [0.2, 0.25) is 0 Å². The molecule has 0 N–H and O–H groups in total. The molecule has 216 valence electrons. The highest BCUT2D eigenvalue weighted by molar-refractivity contribution is 5.95. The Morgan fingerprint density at radius 2 is 1.45 bits per heavy atom.